The van der Waals surface area contributed by atoms with E-state index in [4.69, 9.17) is 0 Å². The summed E-state index contributed by atoms with van der Waals surface area (Å²) in [6, 6.07) is 2.12. The lowest BCUT2D eigenvalue weighted by molar-refractivity contribution is 0.0909. The third kappa shape index (κ3) is 3.59. The van der Waals surface area contributed by atoms with Crippen LogP contribution in [-0.2, 0) is 13.0 Å². The van der Waals surface area contributed by atoms with Crippen LogP contribution in [0.5, 0.6) is 0 Å². The molecule has 1 unspecified atom stereocenters. The molecule has 2 rings (SSSR count). The smallest absolute Gasteiger partial charge is 0.165 e. The van der Waals surface area contributed by atoms with Gasteiger partial charge in [-0.2, -0.15) is 0 Å². The Morgan fingerprint density at radius 2 is 2.00 bits per heavy atom. The zero-order valence-electron chi connectivity index (χ0n) is 14.5. The first-order chi connectivity index (χ1) is 9.88. The van der Waals surface area contributed by atoms with E-state index in [1.54, 1.807) is 0 Å². The normalized spacial score (nSPS) is 18.6. The van der Waals surface area contributed by atoms with Crippen LogP contribution in [0.4, 0.5) is 0 Å². The monoisotopic (exact) mass is 289 g/mol. The van der Waals surface area contributed by atoms with Crippen molar-refractivity contribution in [1.82, 2.24) is 4.57 Å². The van der Waals surface area contributed by atoms with Gasteiger partial charge in [-0.25, -0.2) is 0 Å². The molecule has 21 heavy (non-hydrogen) atoms. The van der Waals surface area contributed by atoms with Gasteiger partial charge in [0.25, 0.3) is 0 Å². The van der Waals surface area contributed by atoms with Gasteiger partial charge < -0.3 is 4.57 Å². The van der Waals surface area contributed by atoms with Gasteiger partial charge in [0.05, 0.1) is 0 Å². The highest BCUT2D eigenvalue weighted by Gasteiger charge is 2.34. The molecule has 1 aromatic rings. The molecule has 0 bridgehead atoms. The van der Waals surface area contributed by atoms with Gasteiger partial charge in [0.15, 0.2) is 5.78 Å². The van der Waals surface area contributed by atoms with Crippen molar-refractivity contribution in [3.8, 4) is 0 Å². The fraction of sp³-hybridized carbons (Fsp3) is 0.737. The molecule has 0 aromatic carbocycles. The van der Waals surface area contributed by atoms with Crippen molar-refractivity contribution >= 4 is 5.78 Å². The fourth-order valence-electron chi connectivity index (χ4n) is 3.64. The first-order valence-electron chi connectivity index (χ1n) is 8.60. The Kier molecular flexibility index (Phi) is 4.95. The van der Waals surface area contributed by atoms with Crippen molar-refractivity contribution < 1.29 is 4.79 Å². The van der Waals surface area contributed by atoms with Gasteiger partial charge in [-0.3, -0.25) is 4.79 Å². The number of ketones is 1. The molecule has 1 aromatic heterocycles. The molecule has 1 heterocycles. The number of fused-ring (bicyclic) bond motifs is 1. The summed E-state index contributed by atoms with van der Waals surface area (Å²) >= 11 is 0. The zero-order valence-corrected chi connectivity index (χ0v) is 14.5. The molecule has 0 N–H and O–H groups in total. The zero-order chi connectivity index (χ0) is 15.6. The van der Waals surface area contributed by atoms with Crippen LogP contribution in [0, 0.1) is 18.3 Å². The third-order valence-electron chi connectivity index (χ3n) is 4.99. The highest BCUT2D eigenvalue weighted by atomic mass is 16.1. The fourth-order valence-corrected chi connectivity index (χ4v) is 3.64. The van der Waals surface area contributed by atoms with E-state index in [0.717, 1.165) is 24.4 Å². The molecule has 0 amide bonds. The minimum atomic E-state index is 0.109. The topological polar surface area (TPSA) is 22.0 Å². The number of aryl methyl sites for hydroxylation is 1. The van der Waals surface area contributed by atoms with E-state index in [1.165, 1.54) is 37.1 Å². The van der Waals surface area contributed by atoms with Gasteiger partial charge in [-0.05, 0) is 37.2 Å². The van der Waals surface area contributed by atoms with Gasteiger partial charge in [0.1, 0.15) is 0 Å². The Morgan fingerprint density at radius 1 is 1.29 bits per heavy atom. The van der Waals surface area contributed by atoms with Crippen LogP contribution in [0.3, 0.4) is 0 Å². The molecule has 2 nitrogen and oxygen atoms in total. The predicted octanol–water partition coefficient (Wildman–Crippen LogP) is 5.17. The van der Waals surface area contributed by atoms with Gasteiger partial charge in [-0.1, -0.05) is 47.0 Å². The van der Waals surface area contributed by atoms with Crippen molar-refractivity contribution in [3.63, 3.8) is 0 Å². The summed E-state index contributed by atoms with van der Waals surface area (Å²) in [5.74, 6) is 1.07. The van der Waals surface area contributed by atoms with E-state index in [-0.39, 0.29) is 5.41 Å². The van der Waals surface area contributed by atoms with E-state index in [2.05, 4.69) is 45.3 Å². The molecule has 2 heteroatoms. The van der Waals surface area contributed by atoms with Crippen LogP contribution in [-0.4, -0.2) is 10.4 Å². The molecule has 118 valence electrons. The predicted molar refractivity (Wildman–Crippen MR) is 88.9 cm³/mol. The second-order valence-corrected chi connectivity index (χ2v) is 7.61. The number of carbonyl (C=O) groups is 1. The van der Waals surface area contributed by atoms with Gasteiger partial charge in [0, 0.05) is 29.9 Å². The van der Waals surface area contributed by atoms with Crippen LogP contribution in [0.1, 0.15) is 81.5 Å². The Hall–Kier alpha value is -1.05. The average molecular weight is 289 g/mol. The van der Waals surface area contributed by atoms with E-state index < -0.39 is 0 Å². The maximum absolute atomic E-state index is 12.4. The lowest BCUT2D eigenvalue weighted by atomic mass is 9.76. The molecular weight excluding hydrogens is 258 g/mol. The molecule has 0 radical (unpaired) electrons. The SMILES string of the molecule is CCCCC(CC)Cn1c(C)cc2c1CC(C)(C)CC2=O. The number of rotatable bonds is 6. The third-order valence-corrected chi connectivity index (χ3v) is 4.99. The summed E-state index contributed by atoms with van der Waals surface area (Å²) in [5.41, 5.74) is 3.67. The van der Waals surface area contributed by atoms with Gasteiger partial charge in [-0.15, -0.1) is 0 Å². The van der Waals surface area contributed by atoms with Crippen LogP contribution in [0.25, 0.3) is 0 Å². The summed E-state index contributed by atoms with van der Waals surface area (Å²) in [6.45, 7) is 12.2. The number of Topliss-reactive ketones (excluding diaryl/α,β-unsaturated/α-hetero) is 1. The van der Waals surface area contributed by atoms with Gasteiger partial charge in [0.2, 0.25) is 0 Å². The van der Waals surface area contributed by atoms with Crippen LogP contribution in [0.15, 0.2) is 6.07 Å². The summed E-state index contributed by atoms with van der Waals surface area (Å²) in [4.78, 5) is 12.4. The minimum Gasteiger partial charge on any atom is -0.348 e. The molecule has 1 aliphatic rings. The summed E-state index contributed by atoms with van der Waals surface area (Å²) < 4.78 is 2.44. The Bertz CT molecular complexity index is 510. The second kappa shape index (κ2) is 6.37. The first-order valence-corrected chi connectivity index (χ1v) is 8.60. The molecule has 0 spiro atoms. The quantitative estimate of drug-likeness (QED) is 0.708. The molecule has 1 aliphatic carbocycles. The highest BCUT2D eigenvalue weighted by molar-refractivity contribution is 5.99. The van der Waals surface area contributed by atoms with Crippen molar-refractivity contribution in [1.29, 1.82) is 0 Å². The lowest BCUT2D eigenvalue weighted by Crippen LogP contribution is -2.28. The standard InChI is InChI=1S/C19H31NO/c1-6-8-9-15(7-2)13-20-14(3)10-16-17(20)11-19(4,5)12-18(16)21/h10,15H,6-9,11-13H2,1-5H3. The van der Waals surface area contributed by atoms with Crippen LogP contribution in [0.2, 0.25) is 0 Å². The Balaban J connectivity index is 2.27. The molecule has 0 aliphatic heterocycles. The Morgan fingerprint density at radius 3 is 2.62 bits per heavy atom. The van der Waals surface area contributed by atoms with E-state index >= 15 is 0 Å². The number of carbonyl (C=O) groups excluding carboxylic acids is 1. The molecule has 0 fully saturated rings. The minimum absolute atomic E-state index is 0.109. The van der Waals surface area contributed by atoms with Crippen molar-refractivity contribution in [3.05, 3.63) is 23.0 Å². The number of nitrogens with zero attached hydrogens (tertiary/aromatic N) is 1. The summed E-state index contributed by atoms with van der Waals surface area (Å²) in [7, 11) is 0. The molecule has 0 saturated heterocycles. The second-order valence-electron chi connectivity index (χ2n) is 7.61. The molecule has 1 atom stereocenters. The van der Waals surface area contributed by atoms with Crippen molar-refractivity contribution in [2.75, 3.05) is 0 Å². The summed E-state index contributed by atoms with van der Waals surface area (Å²) in [6.07, 6.45) is 6.83. The maximum Gasteiger partial charge on any atom is 0.165 e. The number of hydrogen-bond donors (Lipinski definition) is 0. The van der Waals surface area contributed by atoms with E-state index in [1.807, 2.05) is 0 Å². The van der Waals surface area contributed by atoms with E-state index in [0.29, 0.717) is 12.2 Å². The number of unbranched alkanes of at least 4 members (excludes halogenated alkanes) is 1. The number of hydrogen-bond acceptors (Lipinski definition) is 1. The largest absolute Gasteiger partial charge is 0.348 e. The molecular formula is C19H31NO. The van der Waals surface area contributed by atoms with Crippen molar-refractivity contribution in [2.24, 2.45) is 11.3 Å². The van der Waals surface area contributed by atoms with Gasteiger partial charge >= 0.3 is 0 Å². The lowest BCUT2D eigenvalue weighted by Gasteiger charge is -2.30. The first kappa shape index (κ1) is 16.3. The summed E-state index contributed by atoms with van der Waals surface area (Å²) in [5, 5.41) is 0. The molecule has 0 saturated carbocycles. The van der Waals surface area contributed by atoms with Crippen LogP contribution < -0.4 is 0 Å². The van der Waals surface area contributed by atoms with E-state index in [9.17, 15) is 4.79 Å². The Labute approximate surface area is 129 Å². The van der Waals surface area contributed by atoms with Crippen molar-refractivity contribution in [2.45, 2.75) is 79.7 Å². The van der Waals surface area contributed by atoms with Crippen LogP contribution >= 0.6 is 0 Å². The maximum atomic E-state index is 12.4. The average Bonchev–Trinajstić information content (AvgIpc) is 2.70. The number of aromatic nitrogens is 1. The highest BCUT2D eigenvalue weighted by Crippen LogP contribution is 2.36.